The third-order valence-electron chi connectivity index (χ3n) is 0. The number of hydrogen-bond donors (Lipinski definition) is 0. The van der Waals surface area contributed by atoms with Crippen LogP contribution in [0, 0.1) is 46.9 Å². The molecule has 0 saturated carbocycles. The maximum atomic E-state index is 0. The maximum Gasteiger partial charge on any atom is 3.00 e. The Morgan fingerprint density at radius 2 is 0.750 bits per heavy atom. The van der Waals surface area contributed by atoms with Crippen LogP contribution in [0.15, 0.2) is 0 Å². The molecule has 4 heteroatoms. The molecule has 0 unspecified atom stereocenters. The molecule has 0 atom stereocenters. The van der Waals surface area contributed by atoms with Crippen molar-refractivity contribution in [1.29, 1.82) is 0 Å². The Labute approximate surface area is 75.4 Å². The largest absolute Gasteiger partial charge is 3.00 e. The van der Waals surface area contributed by atoms with Crippen LogP contribution in [0.3, 0.4) is 0 Å². The Bertz CT molecular complexity index is 6.00. The molecule has 0 aromatic heterocycles. The maximum absolute atomic E-state index is 0. The van der Waals surface area contributed by atoms with Gasteiger partial charge in [0.15, 0.2) is 0 Å². The summed E-state index contributed by atoms with van der Waals surface area (Å²) in [6.07, 6.45) is 0. The normalized spacial score (nSPS) is 0. The Hall–Kier alpha value is 2.04. The molecule has 4 heavy (non-hydrogen) atoms. The van der Waals surface area contributed by atoms with Crippen molar-refractivity contribution in [1.82, 2.24) is 0 Å². The molecule has 0 N–H and O–H groups in total. The van der Waals surface area contributed by atoms with Crippen LogP contribution in [0.25, 0.3) is 0 Å². The molecule has 0 fully saturated rings. The van der Waals surface area contributed by atoms with E-state index in [9.17, 15) is 0 Å². The molecule has 0 bridgehead atoms. The van der Waals surface area contributed by atoms with Gasteiger partial charge in [-0.15, -0.1) is 0 Å². The van der Waals surface area contributed by atoms with Crippen LogP contribution in [0.4, 0.5) is 0 Å². The first-order chi connectivity index (χ1) is 0. The van der Waals surface area contributed by atoms with Gasteiger partial charge < -0.3 is 11.0 Å². The Balaban J connectivity index is 0. The minimum atomic E-state index is 0. The van der Waals surface area contributed by atoms with Crippen LogP contribution in [0.1, 0.15) is 0 Å². The van der Waals surface area contributed by atoms with Gasteiger partial charge in [0, 0.05) is 0 Å². The van der Waals surface area contributed by atoms with Crippen molar-refractivity contribution in [2.75, 3.05) is 0 Å². The van der Waals surface area contributed by atoms with Crippen molar-refractivity contribution in [2.24, 2.45) is 0 Å². The molecule has 0 spiro atoms. The Morgan fingerprint density at radius 3 is 0.750 bits per heavy atom. The van der Waals surface area contributed by atoms with Crippen molar-refractivity contribution in [3.05, 3.63) is 0 Å². The van der Waals surface area contributed by atoms with Crippen LogP contribution in [0.2, 0.25) is 0 Å². The second-order valence-electron chi connectivity index (χ2n) is 0. The van der Waals surface area contributed by atoms with E-state index >= 15 is 0 Å². The third-order valence-corrected chi connectivity index (χ3v) is 0. The summed E-state index contributed by atoms with van der Waals surface area (Å²) in [5.74, 6) is 0. The Kier molecular flexibility index (Phi) is 183. The second-order valence-corrected chi connectivity index (χ2v) is 0. The first-order valence-electron chi connectivity index (χ1n) is 0. The predicted molar refractivity (Wildman–Crippen MR) is 1.37 cm³/mol. The van der Waals surface area contributed by atoms with Crippen LogP contribution in [0.5, 0.6) is 0 Å². The van der Waals surface area contributed by atoms with Crippen molar-refractivity contribution in [3.63, 3.8) is 0 Å². The van der Waals surface area contributed by atoms with E-state index in [-0.39, 0.29) is 76.7 Å². The smallest absolute Gasteiger partial charge is 2.00 e. The van der Waals surface area contributed by atoms with E-state index < -0.39 is 0 Å². The first-order valence-corrected chi connectivity index (χ1v) is 0. The molecule has 0 aliphatic carbocycles. The molecule has 0 saturated heterocycles. The standard InChI is InChI=1S/Li.2O.Yb/q+1;2*-2;+3. The minimum absolute atomic E-state index is 0. The van der Waals surface area contributed by atoms with Gasteiger partial charge in [-0.1, -0.05) is 0 Å². The molecule has 0 aliphatic heterocycles. The Morgan fingerprint density at radius 1 is 0.750 bits per heavy atom. The summed E-state index contributed by atoms with van der Waals surface area (Å²) in [6.45, 7) is 0. The van der Waals surface area contributed by atoms with Crippen LogP contribution < -0.4 is 18.9 Å². The van der Waals surface area contributed by atoms with E-state index in [1.54, 1.807) is 0 Å². The van der Waals surface area contributed by atoms with Crippen molar-refractivity contribution in [2.45, 2.75) is 0 Å². The molecule has 0 aliphatic rings. The molecular weight excluding hydrogens is 212 g/mol. The zero-order valence-electron chi connectivity index (χ0n) is 2.08. The van der Waals surface area contributed by atoms with Crippen molar-refractivity contribution in [3.8, 4) is 0 Å². The van der Waals surface area contributed by atoms with Gasteiger partial charge in [0.05, 0.1) is 0 Å². The van der Waals surface area contributed by atoms with Crippen molar-refractivity contribution < 1.29 is 76.7 Å². The van der Waals surface area contributed by atoms with Crippen molar-refractivity contribution >= 4 is 0 Å². The van der Waals surface area contributed by atoms with Crippen LogP contribution in [-0.2, 0) is 11.0 Å². The quantitative estimate of drug-likeness (QED) is 0.379. The van der Waals surface area contributed by atoms with Gasteiger partial charge in [-0.3, -0.25) is 0 Å². The number of rotatable bonds is 0. The molecule has 0 aromatic carbocycles. The summed E-state index contributed by atoms with van der Waals surface area (Å²) < 4.78 is 0. The van der Waals surface area contributed by atoms with E-state index in [0.29, 0.717) is 0 Å². The summed E-state index contributed by atoms with van der Waals surface area (Å²) in [6, 6.07) is 0. The minimum Gasteiger partial charge on any atom is -2.00 e. The van der Waals surface area contributed by atoms with E-state index in [0.717, 1.165) is 0 Å². The van der Waals surface area contributed by atoms with E-state index in [4.69, 9.17) is 0 Å². The zero-order valence-corrected chi connectivity index (χ0v) is 3.80. The molecule has 0 amide bonds. The molecule has 27 valence electrons. The van der Waals surface area contributed by atoms with Gasteiger partial charge in [0.2, 0.25) is 0 Å². The van der Waals surface area contributed by atoms with Gasteiger partial charge in [0.25, 0.3) is 0 Å². The summed E-state index contributed by atoms with van der Waals surface area (Å²) in [5.41, 5.74) is 0. The summed E-state index contributed by atoms with van der Waals surface area (Å²) in [7, 11) is 0. The molecule has 0 heterocycles. The first kappa shape index (κ1) is 36.9. The van der Waals surface area contributed by atoms with Gasteiger partial charge in [-0.05, 0) is 0 Å². The average molecular weight is 212 g/mol. The fraction of sp³-hybridized carbons (Fsp3) is 0. The van der Waals surface area contributed by atoms with E-state index in [2.05, 4.69) is 0 Å². The monoisotopic (exact) mass is 213 g/mol. The summed E-state index contributed by atoms with van der Waals surface area (Å²) >= 11 is 0. The topological polar surface area (TPSA) is 57.0 Å². The third kappa shape index (κ3) is 8.97. The van der Waals surface area contributed by atoms with Gasteiger partial charge >= 0.3 is 65.8 Å². The summed E-state index contributed by atoms with van der Waals surface area (Å²) in [5, 5.41) is 0. The summed E-state index contributed by atoms with van der Waals surface area (Å²) in [4.78, 5) is 0. The van der Waals surface area contributed by atoms with Crippen LogP contribution >= 0.6 is 0 Å². The SMILES string of the molecule is [Li+].[O-2].[O-2].[Yb+3]. The molecule has 2 nitrogen and oxygen atoms in total. The van der Waals surface area contributed by atoms with Gasteiger partial charge in [-0.2, -0.15) is 0 Å². The zero-order chi connectivity index (χ0) is 0. The fourth-order valence-corrected chi connectivity index (χ4v) is 0. The van der Waals surface area contributed by atoms with E-state index in [1.807, 2.05) is 0 Å². The number of hydrogen-bond acceptors (Lipinski definition) is 0. The van der Waals surface area contributed by atoms with Gasteiger partial charge in [-0.25, -0.2) is 0 Å². The second kappa shape index (κ2) is 19.8. The average Bonchev–Trinajstić information content (AvgIpc) is 0. The molecular formula is LiO2Yb. The molecule has 1 radical (unpaired) electrons. The fourth-order valence-electron chi connectivity index (χ4n) is 0. The molecule has 0 aromatic rings. The predicted octanol–water partition coefficient (Wildman–Crippen LogP) is -3.23. The van der Waals surface area contributed by atoms with E-state index in [1.165, 1.54) is 0 Å². The van der Waals surface area contributed by atoms with Gasteiger partial charge in [0.1, 0.15) is 0 Å². The molecule has 0 rings (SSSR count). The van der Waals surface area contributed by atoms with Crippen LogP contribution in [-0.4, -0.2) is 0 Å².